The number of rotatable bonds is 1. The van der Waals surface area contributed by atoms with E-state index in [0.717, 1.165) is 13.1 Å². The molecular weight excluding hydrogens is 149 g/mol. The third-order valence-electron chi connectivity index (χ3n) is 1.02. The van der Waals surface area contributed by atoms with Crippen LogP contribution in [0.3, 0.4) is 0 Å². The van der Waals surface area contributed by atoms with Crippen LogP contribution in [0, 0.1) is 0 Å². The van der Waals surface area contributed by atoms with Crippen LogP contribution in [-0.2, 0) is 0 Å². The summed E-state index contributed by atoms with van der Waals surface area (Å²) in [5, 5.41) is 3.07. The highest BCUT2D eigenvalue weighted by Crippen LogP contribution is 1.84. The van der Waals surface area contributed by atoms with Gasteiger partial charge < -0.3 is 5.32 Å². The van der Waals surface area contributed by atoms with Gasteiger partial charge in [-0.25, -0.2) is 0 Å². The molecule has 1 aliphatic heterocycles. The minimum Gasteiger partial charge on any atom is -0.313 e. The summed E-state index contributed by atoms with van der Waals surface area (Å²) in [6.07, 6.45) is 0. The molecule has 0 unspecified atom stereocenters. The number of hydrogen-bond acceptors (Lipinski definition) is 3. The number of nitrogens with one attached hydrogen (secondary N) is 2. The van der Waals surface area contributed by atoms with Crippen LogP contribution >= 0.6 is 24.8 Å². The second kappa shape index (κ2) is 5.59. The smallest absolute Gasteiger partial charge is 0.0459 e. The molecule has 3 nitrogen and oxygen atoms in total. The fraction of sp³-hybridized carbons (Fsp3) is 1.00. The Labute approximate surface area is 61.2 Å². The molecule has 1 heterocycles. The fourth-order valence-corrected chi connectivity index (χ4v) is 0.407. The molecule has 1 aliphatic rings. The second-order valence-corrected chi connectivity index (χ2v) is 1.52. The van der Waals surface area contributed by atoms with Crippen LogP contribution in [0.1, 0.15) is 0 Å². The van der Waals surface area contributed by atoms with Crippen molar-refractivity contribution in [1.29, 1.82) is 0 Å². The van der Waals surface area contributed by atoms with Crippen molar-refractivity contribution < 1.29 is 0 Å². The molecule has 0 saturated carbocycles. The molecule has 8 heavy (non-hydrogen) atoms. The first-order valence-corrected chi connectivity index (χ1v) is 2.10. The lowest BCUT2D eigenvalue weighted by Gasteiger charge is -2.25. The van der Waals surface area contributed by atoms with Crippen molar-refractivity contribution in [1.82, 2.24) is 10.7 Å². The van der Waals surface area contributed by atoms with E-state index in [1.54, 1.807) is 0 Å². The summed E-state index contributed by atoms with van der Waals surface area (Å²) in [5.74, 6) is 5.04. The van der Waals surface area contributed by atoms with E-state index >= 15 is 0 Å². The summed E-state index contributed by atoms with van der Waals surface area (Å²) >= 11 is 0. The molecule has 1 fully saturated rings. The van der Waals surface area contributed by atoms with Gasteiger partial charge in [0.25, 0.3) is 0 Å². The largest absolute Gasteiger partial charge is 0.313 e. The van der Waals surface area contributed by atoms with E-state index in [0.29, 0.717) is 6.04 Å². The molecule has 0 amide bonds. The Kier molecular flexibility index (Phi) is 7.89. The molecule has 0 aromatic rings. The molecule has 5 heteroatoms. The first-order valence-electron chi connectivity index (χ1n) is 2.10. The van der Waals surface area contributed by atoms with Crippen molar-refractivity contribution >= 4 is 24.8 Å². The van der Waals surface area contributed by atoms with Gasteiger partial charge >= 0.3 is 0 Å². The van der Waals surface area contributed by atoms with Gasteiger partial charge in [-0.2, -0.15) is 0 Å². The van der Waals surface area contributed by atoms with Crippen molar-refractivity contribution in [3.05, 3.63) is 0 Å². The van der Waals surface area contributed by atoms with Crippen LogP contribution in [0.5, 0.6) is 0 Å². The van der Waals surface area contributed by atoms with E-state index in [9.17, 15) is 0 Å². The van der Waals surface area contributed by atoms with Gasteiger partial charge in [0, 0.05) is 19.1 Å². The predicted molar refractivity (Wildman–Crippen MR) is 38.5 cm³/mol. The van der Waals surface area contributed by atoms with Crippen molar-refractivity contribution in [2.24, 2.45) is 5.84 Å². The third-order valence-corrected chi connectivity index (χ3v) is 1.02. The van der Waals surface area contributed by atoms with Gasteiger partial charge in [-0.1, -0.05) is 0 Å². The van der Waals surface area contributed by atoms with Gasteiger partial charge in [0.15, 0.2) is 0 Å². The Morgan fingerprint density at radius 1 is 1.38 bits per heavy atom. The summed E-state index contributed by atoms with van der Waals surface area (Å²) in [5.41, 5.74) is 2.64. The van der Waals surface area contributed by atoms with Gasteiger partial charge in [0.05, 0.1) is 0 Å². The molecule has 0 aromatic heterocycles. The SMILES string of the molecule is Cl.Cl.NNC1CNC1. The van der Waals surface area contributed by atoms with E-state index in [4.69, 9.17) is 5.84 Å². The molecule has 52 valence electrons. The molecule has 0 atom stereocenters. The molecule has 0 radical (unpaired) electrons. The predicted octanol–water partition coefficient (Wildman–Crippen LogP) is -0.735. The second-order valence-electron chi connectivity index (χ2n) is 1.52. The summed E-state index contributed by atoms with van der Waals surface area (Å²) in [7, 11) is 0. The minimum absolute atomic E-state index is 0. The van der Waals surface area contributed by atoms with Gasteiger partial charge in [-0.05, 0) is 0 Å². The van der Waals surface area contributed by atoms with Crippen LogP contribution in [0.25, 0.3) is 0 Å². The van der Waals surface area contributed by atoms with E-state index in [-0.39, 0.29) is 24.8 Å². The molecule has 1 rings (SSSR count). The summed E-state index contributed by atoms with van der Waals surface area (Å²) in [6, 6.07) is 0.532. The first-order chi connectivity index (χ1) is 2.93. The van der Waals surface area contributed by atoms with E-state index in [1.165, 1.54) is 0 Å². The maximum Gasteiger partial charge on any atom is 0.0459 e. The molecule has 0 bridgehead atoms. The fourth-order valence-electron chi connectivity index (χ4n) is 0.407. The normalized spacial score (nSPS) is 17.6. The lowest BCUT2D eigenvalue weighted by atomic mass is 10.2. The Morgan fingerprint density at radius 2 is 1.88 bits per heavy atom. The van der Waals surface area contributed by atoms with Gasteiger partial charge in [-0.3, -0.25) is 11.3 Å². The lowest BCUT2D eigenvalue weighted by Crippen LogP contribution is -2.57. The molecule has 0 aliphatic carbocycles. The zero-order valence-electron chi connectivity index (χ0n) is 4.39. The Hall–Kier alpha value is 0.460. The van der Waals surface area contributed by atoms with Crippen molar-refractivity contribution in [2.45, 2.75) is 6.04 Å². The molecule has 0 aromatic carbocycles. The number of hydrazine groups is 1. The van der Waals surface area contributed by atoms with Gasteiger partial charge in [0.2, 0.25) is 0 Å². The summed E-state index contributed by atoms with van der Waals surface area (Å²) in [6.45, 7) is 2.05. The highest BCUT2D eigenvalue weighted by atomic mass is 35.5. The van der Waals surface area contributed by atoms with Crippen molar-refractivity contribution in [2.75, 3.05) is 13.1 Å². The van der Waals surface area contributed by atoms with Crippen LogP contribution < -0.4 is 16.6 Å². The van der Waals surface area contributed by atoms with Crippen LogP contribution in [-0.4, -0.2) is 19.1 Å². The summed E-state index contributed by atoms with van der Waals surface area (Å²) < 4.78 is 0. The average molecular weight is 160 g/mol. The lowest BCUT2D eigenvalue weighted by molar-refractivity contribution is 0.373. The average Bonchev–Trinajstić information content (AvgIpc) is 1.31. The maximum atomic E-state index is 5.04. The van der Waals surface area contributed by atoms with E-state index in [1.807, 2.05) is 0 Å². The standard InChI is InChI=1S/C3H9N3.2ClH/c4-6-3-1-5-2-3;;/h3,5-6H,1-2,4H2;2*1H. The van der Waals surface area contributed by atoms with E-state index in [2.05, 4.69) is 10.7 Å². The van der Waals surface area contributed by atoms with Gasteiger partial charge in [-0.15, -0.1) is 24.8 Å². The Morgan fingerprint density at radius 3 is 1.88 bits per heavy atom. The molecule has 4 N–H and O–H groups in total. The zero-order valence-corrected chi connectivity index (χ0v) is 6.02. The topological polar surface area (TPSA) is 50.1 Å². The maximum absolute atomic E-state index is 5.04. The number of halogens is 2. The quantitative estimate of drug-likeness (QED) is 0.350. The zero-order chi connectivity index (χ0) is 4.41. The first kappa shape index (κ1) is 11.3. The van der Waals surface area contributed by atoms with Gasteiger partial charge in [0.1, 0.15) is 0 Å². The third kappa shape index (κ3) is 2.69. The highest BCUT2D eigenvalue weighted by molar-refractivity contribution is 5.85. The molecule has 1 saturated heterocycles. The highest BCUT2D eigenvalue weighted by Gasteiger charge is 2.12. The Balaban J connectivity index is 0. The van der Waals surface area contributed by atoms with Crippen molar-refractivity contribution in [3.8, 4) is 0 Å². The van der Waals surface area contributed by atoms with Crippen LogP contribution in [0.4, 0.5) is 0 Å². The molecular formula is C3H11Cl2N3. The number of hydrogen-bond donors (Lipinski definition) is 3. The summed E-state index contributed by atoms with van der Waals surface area (Å²) in [4.78, 5) is 0. The molecule has 0 spiro atoms. The van der Waals surface area contributed by atoms with Crippen LogP contribution in [0.15, 0.2) is 0 Å². The number of nitrogens with two attached hydrogens (primary N) is 1. The monoisotopic (exact) mass is 159 g/mol. The van der Waals surface area contributed by atoms with Crippen LogP contribution in [0.2, 0.25) is 0 Å². The van der Waals surface area contributed by atoms with E-state index < -0.39 is 0 Å². The minimum atomic E-state index is 0. The Bertz CT molecular complexity index is 45.0. The van der Waals surface area contributed by atoms with Crippen molar-refractivity contribution in [3.63, 3.8) is 0 Å².